The minimum atomic E-state index is -0.631. The normalized spacial score (nSPS) is 12.8. The number of aromatic nitrogens is 2. The lowest BCUT2D eigenvalue weighted by atomic mass is 9.81. The Labute approximate surface area is 481 Å². The Hall–Kier alpha value is -9.01. The van der Waals surface area contributed by atoms with E-state index in [0.717, 1.165) is 95.8 Å². The number of ether oxygens (including phenoxy) is 1. The second-order valence-electron chi connectivity index (χ2n) is 24.5. The van der Waals surface area contributed by atoms with Gasteiger partial charge in [0, 0.05) is 69.4 Å². The van der Waals surface area contributed by atoms with Crippen molar-refractivity contribution in [2.24, 2.45) is 0 Å². The molecule has 8 heteroatoms. The van der Waals surface area contributed by atoms with Crippen LogP contribution in [0.3, 0.4) is 0 Å². The van der Waals surface area contributed by atoms with Crippen LogP contribution in [0.1, 0.15) is 103 Å². The Morgan fingerprint density at radius 1 is 0.476 bits per heavy atom. The number of halogens is 2. The minimum absolute atomic E-state index is 0.0765. The summed E-state index contributed by atoms with van der Waals surface area (Å²) >= 11 is 0. The fraction of sp³-hybridized carbons (Fsp3) is 0.203. The quantitative estimate of drug-likeness (QED) is 0.122. The van der Waals surface area contributed by atoms with Gasteiger partial charge in [0.2, 0.25) is 0 Å². The molecule has 0 aliphatic carbocycles. The van der Waals surface area contributed by atoms with Crippen molar-refractivity contribution in [2.45, 2.75) is 91.9 Å². The highest BCUT2D eigenvalue weighted by molar-refractivity contribution is 6.09. The molecule has 82 heavy (non-hydrogen) atoms. The van der Waals surface area contributed by atoms with E-state index < -0.39 is 11.6 Å². The van der Waals surface area contributed by atoms with E-state index in [0.29, 0.717) is 23.7 Å². The van der Waals surface area contributed by atoms with Crippen LogP contribution in [-0.4, -0.2) is 16.2 Å². The summed E-state index contributed by atoms with van der Waals surface area (Å²) in [6.07, 6.45) is 1.91. The molecule has 1 aliphatic rings. The molecule has 0 saturated heterocycles. The molecule has 0 fully saturated rings. The molecule has 3 heterocycles. The first-order valence-electron chi connectivity index (χ1n) is 28.5. The molecule has 1 aliphatic heterocycles. The molecule has 410 valence electrons. The molecule has 0 bridgehead atoms. The topological polar surface area (TPSA) is 36.8 Å². The summed E-state index contributed by atoms with van der Waals surface area (Å²) in [5.74, 6) is 1.40. The van der Waals surface area contributed by atoms with Crippen molar-refractivity contribution in [3.8, 4) is 39.6 Å². The molecule has 12 rings (SSSR count). The van der Waals surface area contributed by atoms with Crippen LogP contribution in [-0.2, 0) is 10.8 Å². The first-order chi connectivity index (χ1) is 39.4. The maximum Gasteiger partial charge on any atom is 0.137 e. The van der Waals surface area contributed by atoms with Crippen molar-refractivity contribution < 1.29 is 13.5 Å². The van der Waals surface area contributed by atoms with Crippen LogP contribution < -0.4 is 19.4 Å². The van der Waals surface area contributed by atoms with E-state index in [-0.39, 0.29) is 22.7 Å². The number of anilines is 7. The van der Waals surface area contributed by atoms with E-state index in [2.05, 4.69) is 264 Å². The van der Waals surface area contributed by atoms with Gasteiger partial charge < -0.3 is 19.4 Å². The van der Waals surface area contributed by atoms with Gasteiger partial charge in [-0.3, -0.25) is 4.57 Å². The number of para-hydroxylation sites is 5. The third kappa shape index (κ3) is 10.3. The summed E-state index contributed by atoms with van der Waals surface area (Å²) < 4.78 is 40.9. The SMILES string of the molecule is CC(C)c1cc(-c2cc(C(C)(C)C)cc(-c3cc(F)cc(F)c3)c2N2CN(c3cc(Oc4ccc5c6ccccc6n(-c6cc(C(C)(C)C)ccn6)c5c4)cc(N(c4ccccc4)c4ccccc4)c3)c3ccccc32)cc(C(C)C)c1. The molecule has 0 spiro atoms. The average molecular weight is 1080 g/mol. The zero-order valence-electron chi connectivity index (χ0n) is 48.5. The van der Waals surface area contributed by atoms with Gasteiger partial charge >= 0.3 is 0 Å². The second-order valence-corrected chi connectivity index (χ2v) is 24.5. The van der Waals surface area contributed by atoms with E-state index >= 15 is 8.78 Å². The maximum absolute atomic E-state index is 15.7. The van der Waals surface area contributed by atoms with Gasteiger partial charge in [-0.2, -0.15) is 0 Å². The number of nitrogens with zero attached hydrogens (tertiary/aromatic N) is 5. The Morgan fingerprint density at radius 3 is 1.65 bits per heavy atom. The molecule has 6 nitrogen and oxygen atoms in total. The first kappa shape index (κ1) is 53.6. The summed E-state index contributed by atoms with van der Waals surface area (Å²) in [6, 6.07) is 70.2. The highest BCUT2D eigenvalue weighted by Gasteiger charge is 2.34. The highest BCUT2D eigenvalue weighted by atomic mass is 19.1. The number of hydrogen-bond donors (Lipinski definition) is 0. The van der Waals surface area contributed by atoms with Crippen molar-refractivity contribution in [3.05, 3.63) is 246 Å². The second kappa shape index (κ2) is 21.1. The van der Waals surface area contributed by atoms with Crippen molar-refractivity contribution >= 4 is 61.6 Å². The predicted molar refractivity (Wildman–Crippen MR) is 338 cm³/mol. The molecular weight excluding hydrogens is 1010 g/mol. The van der Waals surface area contributed by atoms with Crippen LogP contribution >= 0.6 is 0 Å². The zero-order valence-corrected chi connectivity index (χ0v) is 48.5. The molecular formula is C74H69F2N5O. The van der Waals surface area contributed by atoms with Crippen LogP contribution in [0.4, 0.5) is 48.6 Å². The van der Waals surface area contributed by atoms with Gasteiger partial charge in [0.05, 0.1) is 33.8 Å². The average Bonchev–Trinajstić information content (AvgIpc) is 4.02. The third-order valence-corrected chi connectivity index (χ3v) is 16.0. The summed E-state index contributed by atoms with van der Waals surface area (Å²) in [4.78, 5) is 11.9. The lowest BCUT2D eigenvalue weighted by Gasteiger charge is -2.31. The first-order valence-corrected chi connectivity index (χ1v) is 28.5. The summed E-state index contributed by atoms with van der Waals surface area (Å²) in [7, 11) is 0. The van der Waals surface area contributed by atoms with Gasteiger partial charge in [0.25, 0.3) is 0 Å². The van der Waals surface area contributed by atoms with Crippen molar-refractivity contribution in [2.75, 3.05) is 21.4 Å². The number of benzene rings is 9. The molecule has 0 amide bonds. The molecule has 0 N–H and O–H groups in total. The van der Waals surface area contributed by atoms with Gasteiger partial charge in [-0.15, -0.1) is 0 Å². The molecule has 0 unspecified atom stereocenters. The van der Waals surface area contributed by atoms with Gasteiger partial charge in [-0.05, 0) is 153 Å². The zero-order chi connectivity index (χ0) is 57.2. The van der Waals surface area contributed by atoms with Crippen molar-refractivity contribution in [3.63, 3.8) is 0 Å². The predicted octanol–water partition coefficient (Wildman–Crippen LogP) is 21.1. The lowest BCUT2D eigenvalue weighted by molar-refractivity contribution is 0.483. The molecule has 2 aromatic heterocycles. The Balaban J connectivity index is 1.07. The smallest absolute Gasteiger partial charge is 0.137 e. The standard InChI is InChI=1S/C74H69F2N5O/c1-47(2)49-33-50(48(3)4)35-51(34-49)65-38-54(74(8,9)10)39-66(52-36-55(75)41-56(76)37-52)72(65)79-46-78(68-27-19-20-28-69(68)79)59-42-60(80(57-21-13-11-14-22-57)58-23-15-12-16-24-58)44-62(43-59)82-61-29-30-64-63-25-17-18-26-67(63)81(70(64)45-61)71-40-53(31-32-77-71)73(5,6)7/h11-45,47-48H,46H2,1-10H3. The maximum atomic E-state index is 15.7. The molecule has 9 aromatic carbocycles. The molecule has 0 radical (unpaired) electrons. The van der Waals surface area contributed by atoms with E-state index in [1.165, 1.54) is 28.8 Å². The van der Waals surface area contributed by atoms with E-state index in [9.17, 15) is 0 Å². The Morgan fingerprint density at radius 2 is 1.04 bits per heavy atom. The fourth-order valence-corrected chi connectivity index (χ4v) is 11.5. The monoisotopic (exact) mass is 1080 g/mol. The number of fused-ring (bicyclic) bond motifs is 4. The van der Waals surface area contributed by atoms with Crippen molar-refractivity contribution in [1.29, 1.82) is 0 Å². The summed E-state index contributed by atoms with van der Waals surface area (Å²) in [5, 5.41) is 2.23. The Kier molecular flexibility index (Phi) is 13.8. The largest absolute Gasteiger partial charge is 0.457 e. The summed E-state index contributed by atoms with van der Waals surface area (Å²) in [6.45, 7) is 22.6. The van der Waals surface area contributed by atoms with E-state index in [4.69, 9.17) is 9.72 Å². The lowest BCUT2D eigenvalue weighted by Crippen LogP contribution is -2.25. The van der Waals surface area contributed by atoms with Gasteiger partial charge in [-0.25, -0.2) is 13.8 Å². The minimum Gasteiger partial charge on any atom is -0.457 e. The number of pyridine rings is 1. The highest BCUT2D eigenvalue weighted by Crippen LogP contribution is 2.53. The van der Waals surface area contributed by atoms with E-state index in [1.807, 2.05) is 18.3 Å². The third-order valence-electron chi connectivity index (χ3n) is 16.0. The number of rotatable bonds is 12. The van der Waals surface area contributed by atoms with Crippen LogP contribution in [0.5, 0.6) is 11.5 Å². The van der Waals surface area contributed by atoms with E-state index in [1.54, 1.807) is 0 Å². The van der Waals surface area contributed by atoms with Crippen LogP contribution in [0.25, 0.3) is 49.9 Å². The Bertz CT molecular complexity index is 4100. The van der Waals surface area contributed by atoms with Crippen LogP contribution in [0, 0.1) is 11.6 Å². The van der Waals surface area contributed by atoms with Crippen molar-refractivity contribution in [1.82, 2.24) is 9.55 Å². The van der Waals surface area contributed by atoms with Crippen LogP contribution in [0.15, 0.2) is 212 Å². The summed E-state index contributed by atoms with van der Waals surface area (Å²) in [5.41, 5.74) is 16.1. The fourth-order valence-electron chi connectivity index (χ4n) is 11.5. The molecule has 11 aromatic rings. The molecule has 0 atom stereocenters. The van der Waals surface area contributed by atoms with Gasteiger partial charge in [0.15, 0.2) is 0 Å². The molecule has 0 saturated carbocycles. The van der Waals surface area contributed by atoms with Gasteiger partial charge in [-0.1, -0.05) is 154 Å². The van der Waals surface area contributed by atoms with Crippen LogP contribution in [0.2, 0.25) is 0 Å². The van der Waals surface area contributed by atoms with Gasteiger partial charge in [0.1, 0.15) is 35.6 Å². The number of hydrogen-bond acceptors (Lipinski definition) is 5.